The minimum absolute atomic E-state index is 0.0583. The van der Waals surface area contributed by atoms with Gasteiger partial charge in [-0.05, 0) is 20.8 Å². The van der Waals surface area contributed by atoms with Crippen LogP contribution in [0.3, 0.4) is 0 Å². The number of imide groups is 1. The van der Waals surface area contributed by atoms with Crippen LogP contribution >= 0.6 is 0 Å². The van der Waals surface area contributed by atoms with E-state index in [-0.39, 0.29) is 24.8 Å². The molecule has 0 aliphatic heterocycles. The summed E-state index contributed by atoms with van der Waals surface area (Å²) in [4.78, 5) is 44.2. The van der Waals surface area contributed by atoms with E-state index in [2.05, 4.69) is 10.6 Å². The van der Waals surface area contributed by atoms with Crippen LogP contribution in [0.2, 0.25) is 0 Å². The monoisotopic (exact) mass is 273 g/mol. The highest BCUT2D eigenvalue weighted by molar-refractivity contribution is 5.97. The molecule has 4 N–H and O–H groups in total. The van der Waals surface area contributed by atoms with Crippen LogP contribution in [0.15, 0.2) is 0 Å². The van der Waals surface area contributed by atoms with Gasteiger partial charge in [0, 0.05) is 12.5 Å². The number of rotatable bonds is 6. The minimum Gasteiger partial charge on any atom is -0.481 e. The van der Waals surface area contributed by atoms with Crippen LogP contribution in [0.1, 0.15) is 33.6 Å². The summed E-state index contributed by atoms with van der Waals surface area (Å²) in [5.74, 6) is -2.21. The van der Waals surface area contributed by atoms with Gasteiger partial charge in [0.1, 0.15) is 6.04 Å². The molecular weight excluding hydrogens is 254 g/mol. The van der Waals surface area contributed by atoms with Crippen LogP contribution in [0, 0.1) is 0 Å². The van der Waals surface area contributed by atoms with E-state index in [1.54, 1.807) is 13.8 Å². The summed E-state index contributed by atoms with van der Waals surface area (Å²) in [6.07, 6.45) is -0.655. The van der Waals surface area contributed by atoms with Crippen molar-refractivity contribution in [3.05, 3.63) is 0 Å². The fourth-order valence-corrected chi connectivity index (χ4v) is 1.12. The lowest BCUT2D eigenvalue weighted by Crippen LogP contribution is -2.50. The number of carbonyl (C=O) groups excluding carboxylic acids is 3. The van der Waals surface area contributed by atoms with Crippen LogP contribution in [-0.2, 0) is 14.4 Å². The minimum atomic E-state index is -1.12. The molecule has 0 fully saturated rings. The van der Waals surface area contributed by atoms with Gasteiger partial charge in [-0.2, -0.15) is 0 Å². The maximum absolute atomic E-state index is 11.5. The lowest BCUT2D eigenvalue weighted by Gasteiger charge is -2.16. The van der Waals surface area contributed by atoms with Gasteiger partial charge in [-0.1, -0.05) is 0 Å². The van der Waals surface area contributed by atoms with Gasteiger partial charge in [0.15, 0.2) is 0 Å². The fraction of sp³-hybridized carbons (Fsp3) is 0.636. The average Bonchev–Trinajstić information content (AvgIpc) is 2.24. The lowest BCUT2D eigenvalue weighted by molar-refractivity contribution is -0.138. The first-order valence-corrected chi connectivity index (χ1v) is 5.85. The Hall–Kier alpha value is -2.12. The largest absolute Gasteiger partial charge is 0.481 e. The second-order valence-electron chi connectivity index (χ2n) is 4.30. The Balaban J connectivity index is 4.06. The zero-order chi connectivity index (χ0) is 15.0. The molecule has 0 spiro atoms. The Morgan fingerprint density at radius 3 is 2.05 bits per heavy atom. The summed E-state index contributed by atoms with van der Waals surface area (Å²) in [7, 11) is 0. The molecule has 8 nitrogen and oxygen atoms in total. The van der Waals surface area contributed by atoms with Gasteiger partial charge in [0.05, 0.1) is 6.42 Å². The molecule has 1 atom stereocenters. The molecular formula is C11H19N3O5. The smallest absolute Gasteiger partial charge is 0.322 e. The van der Waals surface area contributed by atoms with E-state index in [9.17, 15) is 19.2 Å². The maximum atomic E-state index is 11.5. The second-order valence-corrected chi connectivity index (χ2v) is 4.30. The van der Waals surface area contributed by atoms with Crippen molar-refractivity contribution in [3.8, 4) is 0 Å². The molecule has 0 radical (unpaired) electrons. The number of hydrogen-bond acceptors (Lipinski definition) is 4. The van der Waals surface area contributed by atoms with Crippen molar-refractivity contribution in [2.75, 3.05) is 0 Å². The molecule has 0 aliphatic rings. The summed E-state index contributed by atoms with van der Waals surface area (Å²) in [5.41, 5.74) is 0. The first-order valence-electron chi connectivity index (χ1n) is 5.85. The number of amides is 4. The van der Waals surface area contributed by atoms with Crippen LogP contribution in [-0.4, -0.2) is 41.0 Å². The topological polar surface area (TPSA) is 125 Å². The molecule has 8 heteroatoms. The van der Waals surface area contributed by atoms with E-state index < -0.39 is 23.9 Å². The molecule has 108 valence electrons. The number of carboxylic acids is 1. The predicted octanol–water partition coefficient (Wildman–Crippen LogP) is -0.410. The number of hydrogen-bond donors (Lipinski definition) is 4. The van der Waals surface area contributed by atoms with E-state index in [0.29, 0.717) is 0 Å². The van der Waals surface area contributed by atoms with Crippen molar-refractivity contribution in [2.24, 2.45) is 0 Å². The molecule has 4 amide bonds. The number of aliphatic carboxylic acids is 1. The third-order valence-electron chi connectivity index (χ3n) is 1.99. The average molecular weight is 273 g/mol. The van der Waals surface area contributed by atoms with E-state index in [4.69, 9.17) is 5.11 Å². The number of nitrogens with one attached hydrogen (secondary N) is 3. The number of urea groups is 1. The van der Waals surface area contributed by atoms with E-state index in [1.165, 1.54) is 6.92 Å². The van der Waals surface area contributed by atoms with Crippen molar-refractivity contribution < 1.29 is 24.3 Å². The zero-order valence-electron chi connectivity index (χ0n) is 11.1. The van der Waals surface area contributed by atoms with Crippen molar-refractivity contribution >= 4 is 23.8 Å². The first-order chi connectivity index (χ1) is 8.72. The van der Waals surface area contributed by atoms with Crippen LogP contribution in [0.4, 0.5) is 4.79 Å². The normalized spacial score (nSPS) is 11.6. The van der Waals surface area contributed by atoms with Crippen LogP contribution in [0.5, 0.6) is 0 Å². The third kappa shape index (κ3) is 8.58. The Kier molecular flexibility index (Phi) is 7.16. The Labute approximate surface area is 110 Å². The number of carbonyl (C=O) groups is 4. The molecule has 0 heterocycles. The van der Waals surface area contributed by atoms with Crippen molar-refractivity contribution in [1.82, 2.24) is 16.0 Å². The van der Waals surface area contributed by atoms with Crippen molar-refractivity contribution in [1.29, 1.82) is 0 Å². The molecule has 0 saturated heterocycles. The summed E-state index contributed by atoms with van der Waals surface area (Å²) < 4.78 is 0. The molecule has 0 rings (SSSR count). The highest BCUT2D eigenvalue weighted by atomic mass is 16.4. The number of carboxylic acid groups (broad SMARTS) is 1. The quantitative estimate of drug-likeness (QED) is 0.523. The zero-order valence-corrected chi connectivity index (χ0v) is 11.1. The van der Waals surface area contributed by atoms with Gasteiger partial charge < -0.3 is 15.7 Å². The molecule has 1 unspecified atom stereocenters. The van der Waals surface area contributed by atoms with Gasteiger partial charge in [-0.3, -0.25) is 19.7 Å². The van der Waals surface area contributed by atoms with E-state index in [0.717, 1.165) is 0 Å². The van der Waals surface area contributed by atoms with Gasteiger partial charge in [-0.15, -0.1) is 0 Å². The van der Waals surface area contributed by atoms with Gasteiger partial charge >= 0.3 is 12.0 Å². The molecule has 0 aromatic heterocycles. The molecule has 0 saturated carbocycles. The third-order valence-corrected chi connectivity index (χ3v) is 1.99. The molecule has 19 heavy (non-hydrogen) atoms. The molecule has 0 aromatic rings. The molecule has 0 aliphatic carbocycles. The lowest BCUT2D eigenvalue weighted by atomic mass is 10.3. The Bertz CT molecular complexity index is 367. The standard InChI is InChI=1S/C11H19N3O5/c1-6(2)12-10(18)7(3)13-11(19)14-8(15)4-5-9(16)17/h6-7H,4-5H2,1-3H3,(H,12,18)(H,16,17)(H2,13,14,15,19). The van der Waals surface area contributed by atoms with Gasteiger partial charge in [0.25, 0.3) is 0 Å². The van der Waals surface area contributed by atoms with Crippen molar-refractivity contribution in [3.63, 3.8) is 0 Å². The summed E-state index contributed by atoms with van der Waals surface area (Å²) in [6, 6.07) is -1.69. The Morgan fingerprint density at radius 2 is 1.58 bits per heavy atom. The second kappa shape index (κ2) is 8.06. The molecule has 0 bridgehead atoms. The van der Waals surface area contributed by atoms with Gasteiger partial charge in [0.2, 0.25) is 11.8 Å². The molecule has 0 aromatic carbocycles. The Morgan fingerprint density at radius 1 is 1.00 bits per heavy atom. The summed E-state index contributed by atoms with van der Waals surface area (Å²) in [5, 5.41) is 15.2. The van der Waals surface area contributed by atoms with E-state index in [1.807, 2.05) is 5.32 Å². The first kappa shape index (κ1) is 16.9. The SMILES string of the molecule is CC(C)NC(=O)C(C)NC(=O)NC(=O)CCC(=O)O. The van der Waals surface area contributed by atoms with Gasteiger partial charge in [-0.25, -0.2) is 4.79 Å². The fourth-order valence-electron chi connectivity index (χ4n) is 1.12. The highest BCUT2D eigenvalue weighted by Gasteiger charge is 2.17. The van der Waals surface area contributed by atoms with Crippen LogP contribution < -0.4 is 16.0 Å². The predicted molar refractivity (Wildman–Crippen MR) is 66.3 cm³/mol. The van der Waals surface area contributed by atoms with Crippen LogP contribution in [0.25, 0.3) is 0 Å². The maximum Gasteiger partial charge on any atom is 0.322 e. The van der Waals surface area contributed by atoms with Crippen molar-refractivity contribution in [2.45, 2.75) is 45.7 Å². The summed E-state index contributed by atoms with van der Waals surface area (Å²) >= 11 is 0. The summed E-state index contributed by atoms with van der Waals surface area (Å²) in [6.45, 7) is 5.03. The highest BCUT2D eigenvalue weighted by Crippen LogP contribution is 1.89. The van der Waals surface area contributed by atoms with E-state index >= 15 is 0 Å².